The van der Waals surface area contributed by atoms with Gasteiger partial charge in [-0.15, -0.1) is 24.0 Å². The molecule has 2 aromatic carbocycles. The van der Waals surface area contributed by atoms with Gasteiger partial charge < -0.3 is 19.4 Å². The number of nitrogens with zero attached hydrogens (tertiary/aromatic N) is 3. The van der Waals surface area contributed by atoms with Crippen LogP contribution in [0.15, 0.2) is 70.3 Å². The number of nitrogens with one attached hydrogen (secondary N) is 1. The third-order valence-corrected chi connectivity index (χ3v) is 5.39. The van der Waals surface area contributed by atoms with E-state index in [2.05, 4.69) is 22.1 Å². The fourth-order valence-corrected chi connectivity index (χ4v) is 3.73. The average Bonchev–Trinajstić information content (AvgIpc) is 3.29. The fourth-order valence-electron chi connectivity index (χ4n) is 3.73. The number of hydrogen-bond donors (Lipinski definition) is 1. The highest BCUT2D eigenvalue weighted by molar-refractivity contribution is 14.0. The van der Waals surface area contributed by atoms with E-state index in [-0.39, 0.29) is 35.9 Å². The zero-order valence-corrected chi connectivity index (χ0v) is 21.1. The number of para-hydroxylation sites is 1. The minimum atomic E-state index is -0.276. The van der Waals surface area contributed by atoms with Gasteiger partial charge in [0.25, 0.3) is 0 Å². The van der Waals surface area contributed by atoms with Crippen LogP contribution in [0.1, 0.15) is 25.5 Å². The number of benzene rings is 2. The Bertz CT molecular complexity index is 1000. The summed E-state index contributed by atoms with van der Waals surface area (Å²) in [5.41, 5.74) is 1.59. The van der Waals surface area contributed by atoms with Crippen molar-refractivity contribution in [3.8, 4) is 17.2 Å². The molecule has 0 spiro atoms. The summed E-state index contributed by atoms with van der Waals surface area (Å²) in [7, 11) is 0. The molecule has 1 N–H and O–H groups in total. The van der Waals surface area contributed by atoms with Crippen LogP contribution in [-0.4, -0.2) is 48.1 Å². The Hall–Kier alpha value is -2.62. The summed E-state index contributed by atoms with van der Waals surface area (Å²) in [5.74, 6) is 2.07. The predicted octanol–water partition coefficient (Wildman–Crippen LogP) is 5.15. The first-order valence-electron chi connectivity index (χ1n) is 11.2. The number of oxazole rings is 1. The first-order chi connectivity index (χ1) is 15.7. The zero-order valence-electron chi connectivity index (χ0n) is 18.7. The Morgan fingerprint density at radius 2 is 1.88 bits per heavy atom. The highest BCUT2D eigenvalue weighted by Crippen LogP contribution is 2.20. The van der Waals surface area contributed by atoms with Crippen LogP contribution in [0.25, 0.3) is 11.5 Å². The summed E-state index contributed by atoms with van der Waals surface area (Å²) in [4.78, 5) is 11.6. The monoisotopic (exact) mass is 564 g/mol. The number of halogens is 2. The third kappa shape index (κ3) is 7.18. The van der Waals surface area contributed by atoms with Gasteiger partial charge in [-0.1, -0.05) is 18.2 Å². The number of rotatable bonds is 7. The Labute approximate surface area is 211 Å². The van der Waals surface area contributed by atoms with E-state index < -0.39 is 0 Å². The molecule has 3 aromatic rings. The molecule has 33 heavy (non-hydrogen) atoms. The standard InChI is InChI=1S/C25H29FN4O2.HI/c1-2-27-25(30-16-13-23(14-17-30)32-22-6-4-3-5-7-22)28-15-12-21-18-31-24(29-21)19-8-10-20(26)11-9-19;/h3-11,18,23H,2,12-17H2,1H3,(H,27,28);1H. The maximum Gasteiger partial charge on any atom is 0.226 e. The van der Waals surface area contributed by atoms with Gasteiger partial charge in [0.1, 0.15) is 23.9 Å². The highest BCUT2D eigenvalue weighted by atomic mass is 127. The summed E-state index contributed by atoms with van der Waals surface area (Å²) >= 11 is 0. The molecule has 0 bridgehead atoms. The quantitative estimate of drug-likeness (QED) is 0.245. The lowest BCUT2D eigenvalue weighted by atomic mass is 10.1. The van der Waals surface area contributed by atoms with E-state index in [9.17, 15) is 4.39 Å². The minimum absolute atomic E-state index is 0. The van der Waals surface area contributed by atoms with Gasteiger partial charge in [-0.25, -0.2) is 9.37 Å². The van der Waals surface area contributed by atoms with Crippen molar-refractivity contribution in [3.05, 3.63) is 72.4 Å². The van der Waals surface area contributed by atoms with Gasteiger partial charge in [0, 0.05) is 51.0 Å². The SMILES string of the molecule is CCNC(=NCCc1coc(-c2ccc(F)cc2)n1)N1CCC(Oc2ccccc2)CC1.I. The smallest absolute Gasteiger partial charge is 0.226 e. The number of hydrogen-bond acceptors (Lipinski definition) is 4. The number of aromatic nitrogens is 1. The van der Waals surface area contributed by atoms with Gasteiger partial charge in [0.05, 0.1) is 5.69 Å². The van der Waals surface area contributed by atoms with E-state index in [1.807, 2.05) is 30.3 Å². The number of aliphatic imine (C=N–C) groups is 1. The van der Waals surface area contributed by atoms with Crippen LogP contribution in [0, 0.1) is 5.82 Å². The van der Waals surface area contributed by atoms with Gasteiger partial charge in [0.2, 0.25) is 5.89 Å². The summed E-state index contributed by atoms with van der Waals surface area (Å²) in [6, 6.07) is 16.1. The molecular weight excluding hydrogens is 534 g/mol. The van der Waals surface area contributed by atoms with Crippen LogP contribution < -0.4 is 10.1 Å². The van der Waals surface area contributed by atoms with Crippen LogP contribution in [0.4, 0.5) is 4.39 Å². The van der Waals surface area contributed by atoms with Crippen LogP contribution in [0.5, 0.6) is 5.75 Å². The summed E-state index contributed by atoms with van der Waals surface area (Å²) in [6.45, 7) is 5.31. The van der Waals surface area contributed by atoms with Crippen LogP contribution in [0.3, 0.4) is 0 Å². The first-order valence-corrected chi connectivity index (χ1v) is 11.2. The van der Waals surface area contributed by atoms with E-state index in [1.165, 1.54) is 12.1 Å². The van der Waals surface area contributed by atoms with E-state index in [0.717, 1.165) is 55.4 Å². The van der Waals surface area contributed by atoms with Crippen LogP contribution in [0.2, 0.25) is 0 Å². The average molecular weight is 564 g/mol. The first kappa shape index (κ1) is 25.0. The molecule has 1 aliphatic heterocycles. The van der Waals surface area contributed by atoms with Gasteiger partial charge in [-0.2, -0.15) is 0 Å². The maximum atomic E-state index is 13.1. The van der Waals surface area contributed by atoms with Gasteiger partial charge >= 0.3 is 0 Å². The lowest BCUT2D eigenvalue weighted by Gasteiger charge is -2.34. The minimum Gasteiger partial charge on any atom is -0.490 e. The van der Waals surface area contributed by atoms with E-state index in [0.29, 0.717) is 18.9 Å². The molecule has 0 saturated carbocycles. The Morgan fingerprint density at radius 3 is 2.58 bits per heavy atom. The lowest BCUT2D eigenvalue weighted by molar-refractivity contribution is 0.129. The Kier molecular flexibility index (Phi) is 9.53. The Morgan fingerprint density at radius 1 is 1.15 bits per heavy atom. The highest BCUT2D eigenvalue weighted by Gasteiger charge is 2.22. The summed E-state index contributed by atoms with van der Waals surface area (Å²) < 4.78 is 24.8. The summed E-state index contributed by atoms with van der Waals surface area (Å²) in [6.07, 6.45) is 4.48. The molecule has 0 unspecified atom stereocenters. The van der Waals surface area contributed by atoms with Gasteiger partial charge in [-0.05, 0) is 43.3 Å². The van der Waals surface area contributed by atoms with Crippen molar-refractivity contribution in [3.63, 3.8) is 0 Å². The van der Waals surface area contributed by atoms with Crippen molar-refractivity contribution >= 4 is 29.9 Å². The van der Waals surface area contributed by atoms with Crippen molar-refractivity contribution in [1.29, 1.82) is 0 Å². The van der Waals surface area contributed by atoms with Crippen molar-refractivity contribution in [2.45, 2.75) is 32.3 Å². The van der Waals surface area contributed by atoms with Crippen LogP contribution in [-0.2, 0) is 6.42 Å². The normalized spacial score (nSPS) is 14.6. The molecule has 1 aromatic heterocycles. The molecule has 8 heteroatoms. The molecule has 0 atom stereocenters. The summed E-state index contributed by atoms with van der Waals surface area (Å²) in [5, 5.41) is 3.40. The Balaban J connectivity index is 0.00000306. The largest absolute Gasteiger partial charge is 0.490 e. The maximum absolute atomic E-state index is 13.1. The molecule has 4 rings (SSSR count). The second-order valence-electron chi connectivity index (χ2n) is 7.75. The molecule has 1 saturated heterocycles. The molecule has 0 radical (unpaired) electrons. The van der Waals surface area contributed by atoms with Crippen molar-refractivity contribution in [2.24, 2.45) is 4.99 Å². The van der Waals surface area contributed by atoms with Gasteiger partial charge in [0.15, 0.2) is 5.96 Å². The lowest BCUT2D eigenvalue weighted by Crippen LogP contribution is -2.47. The molecule has 0 aliphatic carbocycles. The molecule has 176 valence electrons. The van der Waals surface area contributed by atoms with E-state index >= 15 is 0 Å². The van der Waals surface area contributed by atoms with Gasteiger partial charge in [-0.3, -0.25) is 4.99 Å². The number of guanidine groups is 1. The molecule has 0 amide bonds. The third-order valence-electron chi connectivity index (χ3n) is 5.39. The van der Waals surface area contributed by atoms with Crippen LogP contribution >= 0.6 is 24.0 Å². The van der Waals surface area contributed by atoms with E-state index in [4.69, 9.17) is 14.1 Å². The van der Waals surface area contributed by atoms with E-state index in [1.54, 1.807) is 18.4 Å². The predicted molar refractivity (Wildman–Crippen MR) is 139 cm³/mol. The number of piperidine rings is 1. The van der Waals surface area contributed by atoms with Crippen molar-refractivity contribution in [2.75, 3.05) is 26.2 Å². The zero-order chi connectivity index (χ0) is 22.2. The molecule has 6 nitrogen and oxygen atoms in total. The molecule has 1 fully saturated rings. The second-order valence-corrected chi connectivity index (χ2v) is 7.75. The number of likely N-dealkylation sites (tertiary alicyclic amines) is 1. The molecular formula is C25H30FIN4O2. The van der Waals surface area contributed by atoms with Crippen molar-refractivity contribution in [1.82, 2.24) is 15.2 Å². The van der Waals surface area contributed by atoms with Crippen molar-refractivity contribution < 1.29 is 13.5 Å². The molecule has 1 aliphatic rings. The number of ether oxygens (including phenoxy) is 1. The molecule has 2 heterocycles. The fraction of sp³-hybridized carbons (Fsp3) is 0.360. The topological polar surface area (TPSA) is 62.9 Å². The second kappa shape index (κ2) is 12.6.